The second kappa shape index (κ2) is 4.71. The number of aromatic nitrogens is 1. The molecule has 106 valence electrons. The fraction of sp³-hybridized carbons (Fsp3) is 0.0909. The first-order valence-corrected chi connectivity index (χ1v) is 5.38. The summed E-state index contributed by atoms with van der Waals surface area (Å²) in [5.74, 6) is -2.67. The van der Waals surface area contributed by atoms with Crippen LogP contribution in [0.3, 0.4) is 0 Å². The van der Waals surface area contributed by atoms with Crippen molar-refractivity contribution in [3.8, 4) is 17.0 Å². The van der Waals surface area contributed by atoms with Crippen molar-refractivity contribution in [1.29, 1.82) is 0 Å². The first-order valence-electron chi connectivity index (χ1n) is 5.00. The van der Waals surface area contributed by atoms with Gasteiger partial charge in [-0.05, 0) is 12.1 Å². The average Bonchev–Trinajstić information content (AvgIpc) is 2.80. The van der Waals surface area contributed by atoms with Crippen LogP contribution >= 0.6 is 11.6 Å². The number of carboxylic acid groups (broad SMARTS) is 1. The van der Waals surface area contributed by atoms with E-state index in [4.69, 9.17) is 16.7 Å². The van der Waals surface area contributed by atoms with Crippen LogP contribution in [0.2, 0.25) is 5.02 Å². The number of alkyl halides is 3. The van der Waals surface area contributed by atoms with Crippen molar-refractivity contribution in [2.24, 2.45) is 0 Å². The van der Waals surface area contributed by atoms with E-state index in [-0.39, 0.29) is 11.3 Å². The number of hydrogen-bond acceptors (Lipinski definition) is 4. The lowest BCUT2D eigenvalue weighted by Gasteiger charge is -2.10. The second-order valence-electron chi connectivity index (χ2n) is 3.73. The smallest absolute Gasteiger partial charge is 0.416 e. The molecule has 0 atom stereocenters. The van der Waals surface area contributed by atoms with Crippen LogP contribution in [0, 0.1) is 0 Å². The van der Waals surface area contributed by atoms with Gasteiger partial charge in [0.2, 0.25) is 5.76 Å². The summed E-state index contributed by atoms with van der Waals surface area (Å²) in [7, 11) is 0. The van der Waals surface area contributed by atoms with Crippen LogP contribution in [0.1, 0.15) is 16.1 Å². The highest BCUT2D eigenvalue weighted by Gasteiger charge is 2.32. The maximum Gasteiger partial charge on any atom is 0.416 e. The molecule has 1 heterocycles. The largest absolute Gasteiger partial charge is 0.506 e. The van der Waals surface area contributed by atoms with E-state index in [1.165, 1.54) is 0 Å². The number of halogens is 4. The van der Waals surface area contributed by atoms with E-state index < -0.39 is 34.2 Å². The second-order valence-corrected chi connectivity index (χ2v) is 4.14. The minimum absolute atomic E-state index is 0.270. The minimum Gasteiger partial charge on any atom is -0.506 e. The Bertz CT molecular complexity index is 681. The van der Waals surface area contributed by atoms with Crippen LogP contribution in [0.15, 0.2) is 22.7 Å². The molecular formula is C11H5ClF3NO4. The topological polar surface area (TPSA) is 83.6 Å². The SMILES string of the molecule is O=C(O)c1cc(-c2cc(C(F)(F)F)cc(Cl)c2O)no1. The summed E-state index contributed by atoms with van der Waals surface area (Å²) in [6.07, 6.45) is -4.68. The number of nitrogens with zero attached hydrogens (tertiary/aromatic N) is 1. The molecule has 0 aliphatic heterocycles. The predicted octanol–water partition coefficient (Wildman–Crippen LogP) is 3.42. The van der Waals surface area contributed by atoms with E-state index in [1.807, 2.05) is 0 Å². The van der Waals surface area contributed by atoms with E-state index in [1.54, 1.807) is 0 Å². The molecule has 1 aromatic heterocycles. The molecule has 2 N–H and O–H groups in total. The van der Waals surface area contributed by atoms with Gasteiger partial charge in [-0.25, -0.2) is 4.79 Å². The number of rotatable bonds is 2. The van der Waals surface area contributed by atoms with Crippen LogP contribution in [0.5, 0.6) is 5.75 Å². The number of aromatic carboxylic acids is 1. The molecule has 0 saturated carbocycles. The molecule has 0 unspecified atom stereocenters. The lowest BCUT2D eigenvalue weighted by atomic mass is 10.1. The maximum absolute atomic E-state index is 12.7. The summed E-state index contributed by atoms with van der Waals surface area (Å²) >= 11 is 5.52. The molecule has 0 radical (unpaired) electrons. The zero-order chi connectivity index (χ0) is 15.1. The highest BCUT2D eigenvalue weighted by molar-refractivity contribution is 6.32. The van der Waals surface area contributed by atoms with E-state index >= 15 is 0 Å². The number of carbonyl (C=O) groups is 1. The lowest BCUT2D eigenvalue weighted by Crippen LogP contribution is -2.05. The normalized spacial score (nSPS) is 11.6. The van der Waals surface area contributed by atoms with Crippen LogP contribution < -0.4 is 0 Å². The van der Waals surface area contributed by atoms with Crippen LogP contribution in [0.4, 0.5) is 13.2 Å². The van der Waals surface area contributed by atoms with Gasteiger partial charge in [0.05, 0.1) is 10.6 Å². The van der Waals surface area contributed by atoms with Gasteiger partial charge in [0, 0.05) is 11.6 Å². The van der Waals surface area contributed by atoms with Gasteiger partial charge in [0.25, 0.3) is 0 Å². The Morgan fingerprint density at radius 1 is 1.30 bits per heavy atom. The fourth-order valence-electron chi connectivity index (χ4n) is 1.46. The third-order valence-corrected chi connectivity index (χ3v) is 2.68. The van der Waals surface area contributed by atoms with Gasteiger partial charge in [0.15, 0.2) is 0 Å². The highest BCUT2D eigenvalue weighted by atomic mass is 35.5. The lowest BCUT2D eigenvalue weighted by molar-refractivity contribution is -0.137. The third-order valence-electron chi connectivity index (χ3n) is 2.39. The Hall–Kier alpha value is -2.22. The fourth-order valence-corrected chi connectivity index (χ4v) is 1.68. The number of phenolic OH excluding ortho intramolecular Hbond substituents is 1. The van der Waals surface area contributed by atoms with Gasteiger partial charge in [-0.1, -0.05) is 16.8 Å². The molecule has 0 amide bonds. The molecule has 5 nitrogen and oxygen atoms in total. The molecule has 2 rings (SSSR count). The molecule has 0 spiro atoms. The van der Waals surface area contributed by atoms with E-state index in [0.717, 1.165) is 6.07 Å². The van der Waals surface area contributed by atoms with Crippen molar-refractivity contribution < 1.29 is 32.7 Å². The number of benzene rings is 1. The standard InChI is InChI=1S/C11H5ClF3NO4/c12-6-2-4(11(13,14)15)1-5(9(6)17)7-3-8(10(18)19)20-16-7/h1-3,17H,(H,18,19). The number of aromatic hydroxyl groups is 1. The van der Waals surface area contributed by atoms with Crippen LogP contribution in [0.25, 0.3) is 11.3 Å². The van der Waals surface area contributed by atoms with E-state index in [9.17, 15) is 23.1 Å². The summed E-state index contributed by atoms with van der Waals surface area (Å²) in [6.45, 7) is 0. The summed E-state index contributed by atoms with van der Waals surface area (Å²) in [4.78, 5) is 10.6. The molecule has 0 aliphatic rings. The van der Waals surface area contributed by atoms with Gasteiger partial charge >= 0.3 is 12.1 Å². The quantitative estimate of drug-likeness (QED) is 0.888. The predicted molar refractivity (Wildman–Crippen MR) is 60.6 cm³/mol. The molecule has 20 heavy (non-hydrogen) atoms. The molecule has 1 aromatic carbocycles. The Kier molecular flexibility index (Phi) is 3.34. The number of hydrogen-bond donors (Lipinski definition) is 2. The summed E-state index contributed by atoms with van der Waals surface area (Å²) in [6, 6.07) is 2.04. The van der Waals surface area contributed by atoms with Crippen molar-refractivity contribution >= 4 is 17.6 Å². The molecule has 9 heteroatoms. The van der Waals surface area contributed by atoms with Gasteiger partial charge in [0.1, 0.15) is 11.4 Å². The number of phenols is 1. The molecule has 0 fully saturated rings. The Labute approximate surface area is 114 Å². The molecule has 0 aliphatic carbocycles. The first-order chi connectivity index (χ1) is 9.20. The summed E-state index contributed by atoms with van der Waals surface area (Å²) in [5, 5.41) is 21.1. The monoisotopic (exact) mass is 307 g/mol. The van der Waals surface area contributed by atoms with Crippen LogP contribution in [-0.4, -0.2) is 21.3 Å². The van der Waals surface area contributed by atoms with E-state index in [2.05, 4.69) is 9.68 Å². The molecule has 0 bridgehead atoms. The third kappa shape index (κ3) is 2.55. The minimum atomic E-state index is -4.68. The molecule has 0 saturated heterocycles. The average molecular weight is 308 g/mol. The Morgan fingerprint density at radius 2 is 1.95 bits per heavy atom. The summed E-state index contributed by atoms with van der Waals surface area (Å²) < 4.78 is 42.4. The highest BCUT2D eigenvalue weighted by Crippen LogP contribution is 2.41. The summed E-state index contributed by atoms with van der Waals surface area (Å²) in [5.41, 5.74) is -1.75. The zero-order valence-electron chi connectivity index (χ0n) is 9.40. The molecule has 2 aromatic rings. The van der Waals surface area contributed by atoms with Gasteiger partial charge in [-0.2, -0.15) is 13.2 Å². The van der Waals surface area contributed by atoms with Gasteiger partial charge in [-0.3, -0.25) is 0 Å². The van der Waals surface area contributed by atoms with Crippen molar-refractivity contribution in [2.75, 3.05) is 0 Å². The van der Waals surface area contributed by atoms with Crippen molar-refractivity contribution in [3.05, 3.63) is 34.5 Å². The van der Waals surface area contributed by atoms with Gasteiger partial charge in [-0.15, -0.1) is 0 Å². The first kappa shape index (κ1) is 14.2. The van der Waals surface area contributed by atoms with Crippen molar-refractivity contribution in [1.82, 2.24) is 5.16 Å². The van der Waals surface area contributed by atoms with Crippen molar-refractivity contribution in [3.63, 3.8) is 0 Å². The maximum atomic E-state index is 12.7. The van der Waals surface area contributed by atoms with Crippen LogP contribution in [-0.2, 0) is 6.18 Å². The zero-order valence-corrected chi connectivity index (χ0v) is 10.2. The molecular weight excluding hydrogens is 303 g/mol. The van der Waals surface area contributed by atoms with Crippen molar-refractivity contribution in [2.45, 2.75) is 6.18 Å². The Balaban J connectivity index is 2.60. The Morgan fingerprint density at radius 3 is 2.45 bits per heavy atom. The van der Waals surface area contributed by atoms with Gasteiger partial charge < -0.3 is 14.7 Å². The number of carboxylic acids is 1. The van der Waals surface area contributed by atoms with E-state index in [0.29, 0.717) is 12.1 Å².